The van der Waals surface area contributed by atoms with Gasteiger partial charge in [0, 0.05) is 10.8 Å². The zero-order chi connectivity index (χ0) is 17.2. The third-order valence-electron chi connectivity index (χ3n) is 3.99. The predicted molar refractivity (Wildman–Crippen MR) is 91.0 cm³/mol. The van der Waals surface area contributed by atoms with E-state index >= 15 is 0 Å². The Balaban J connectivity index is 2.10. The monoisotopic (exact) mass is 338 g/mol. The number of amides is 2. The Morgan fingerprint density at radius 3 is 2.39 bits per heavy atom. The summed E-state index contributed by atoms with van der Waals surface area (Å²) in [6, 6.07) is 2.84. The second-order valence-electron chi connectivity index (χ2n) is 7.32. The largest absolute Gasteiger partial charge is 0.391 e. The quantitative estimate of drug-likeness (QED) is 0.744. The molecule has 1 fully saturated rings. The first-order valence-corrected chi connectivity index (χ1v) is 8.90. The number of carbonyl (C=O) groups excluding carboxylic acids is 2. The fraction of sp³-hybridized carbons (Fsp3) is 0.647. The number of aliphatic hydroxyl groups excluding tert-OH is 1. The van der Waals surface area contributed by atoms with Crippen LogP contribution in [0.25, 0.3) is 0 Å². The number of carbonyl (C=O) groups is 2. The van der Waals surface area contributed by atoms with E-state index in [1.807, 2.05) is 17.5 Å². The van der Waals surface area contributed by atoms with E-state index in [0.29, 0.717) is 0 Å². The normalized spacial score (nSPS) is 18.8. The molecule has 1 aliphatic rings. The fourth-order valence-corrected chi connectivity index (χ4v) is 3.44. The molecule has 0 saturated heterocycles. The van der Waals surface area contributed by atoms with E-state index in [0.717, 1.165) is 17.7 Å². The van der Waals surface area contributed by atoms with Gasteiger partial charge in [-0.25, -0.2) is 0 Å². The molecule has 1 aromatic heterocycles. The molecule has 128 valence electrons. The lowest BCUT2D eigenvalue weighted by molar-refractivity contribution is -0.133. The van der Waals surface area contributed by atoms with Crippen LogP contribution in [0.4, 0.5) is 0 Å². The van der Waals surface area contributed by atoms with E-state index < -0.39 is 12.1 Å². The van der Waals surface area contributed by atoms with E-state index in [9.17, 15) is 14.7 Å². The van der Waals surface area contributed by atoms with Crippen LogP contribution in [-0.4, -0.2) is 29.1 Å². The number of hydrogen-bond acceptors (Lipinski definition) is 4. The Labute approximate surface area is 141 Å². The minimum Gasteiger partial charge on any atom is -0.391 e. The van der Waals surface area contributed by atoms with Crippen LogP contribution in [0.3, 0.4) is 0 Å². The van der Waals surface area contributed by atoms with Gasteiger partial charge < -0.3 is 15.7 Å². The Morgan fingerprint density at radius 1 is 1.30 bits per heavy atom. The van der Waals surface area contributed by atoms with Crippen molar-refractivity contribution in [3.8, 4) is 0 Å². The van der Waals surface area contributed by atoms with Gasteiger partial charge in [0.2, 0.25) is 11.8 Å². The molecule has 3 atom stereocenters. The lowest BCUT2D eigenvalue weighted by atomic mass is 9.85. The molecule has 0 spiro atoms. The lowest BCUT2D eigenvalue weighted by Crippen LogP contribution is -2.54. The fourth-order valence-electron chi connectivity index (χ4n) is 2.42. The third-order valence-corrected chi connectivity index (χ3v) is 4.93. The molecule has 3 unspecified atom stereocenters. The Bertz CT molecular complexity index is 545. The van der Waals surface area contributed by atoms with Crippen LogP contribution in [0, 0.1) is 11.3 Å². The summed E-state index contributed by atoms with van der Waals surface area (Å²) in [6.07, 6.45) is 0.779. The predicted octanol–water partition coefficient (Wildman–Crippen LogP) is 2.23. The number of thiophene rings is 1. The first-order chi connectivity index (χ1) is 10.7. The molecule has 1 aliphatic carbocycles. The van der Waals surface area contributed by atoms with Gasteiger partial charge in [-0.1, -0.05) is 26.8 Å². The molecule has 5 nitrogen and oxygen atoms in total. The molecule has 1 aromatic rings. The highest BCUT2D eigenvalue weighted by molar-refractivity contribution is 7.10. The minimum absolute atomic E-state index is 0.000223. The van der Waals surface area contributed by atoms with Crippen molar-refractivity contribution in [3.63, 3.8) is 0 Å². The van der Waals surface area contributed by atoms with Gasteiger partial charge in [0.1, 0.15) is 6.04 Å². The number of rotatable bonds is 6. The van der Waals surface area contributed by atoms with Crippen LogP contribution in [0.1, 0.15) is 51.5 Å². The molecular formula is C17H26N2O3S. The molecule has 6 heteroatoms. The van der Waals surface area contributed by atoms with Crippen LogP contribution in [0.2, 0.25) is 0 Å². The molecule has 1 saturated carbocycles. The van der Waals surface area contributed by atoms with Gasteiger partial charge in [0.15, 0.2) is 0 Å². The molecule has 3 N–H and O–H groups in total. The molecule has 1 heterocycles. The van der Waals surface area contributed by atoms with Crippen molar-refractivity contribution in [3.05, 3.63) is 22.4 Å². The average Bonchev–Trinajstić information content (AvgIpc) is 3.16. The maximum Gasteiger partial charge on any atom is 0.245 e. The van der Waals surface area contributed by atoms with Crippen molar-refractivity contribution in [2.45, 2.75) is 58.7 Å². The van der Waals surface area contributed by atoms with Crippen molar-refractivity contribution in [2.75, 3.05) is 0 Å². The minimum atomic E-state index is -0.943. The lowest BCUT2D eigenvalue weighted by Gasteiger charge is -2.32. The van der Waals surface area contributed by atoms with Crippen LogP contribution in [0.15, 0.2) is 17.5 Å². The number of nitrogens with one attached hydrogen (secondary N) is 2. The number of hydrogen-bond donors (Lipinski definition) is 3. The van der Waals surface area contributed by atoms with Gasteiger partial charge in [-0.2, -0.15) is 0 Å². The maximum atomic E-state index is 12.6. The summed E-state index contributed by atoms with van der Waals surface area (Å²) in [6.45, 7) is 7.68. The van der Waals surface area contributed by atoms with E-state index in [2.05, 4.69) is 31.4 Å². The first-order valence-electron chi connectivity index (χ1n) is 8.02. The van der Waals surface area contributed by atoms with Gasteiger partial charge in [0.05, 0.1) is 12.1 Å². The van der Waals surface area contributed by atoms with Gasteiger partial charge in [-0.15, -0.1) is 11.3 Å². The maximum absolute atomic E-state index is 12.6. The van der Waals surface area contributed by atoms with E-state index in [1.165, 1.54) is 6.92 Å². The molecule has 0 aromatic carbocycles. The van der Waals surface area contributed by atoms with E-state index in [-0.39, 0.29) is 29.2 Å². The molecule has 23 heavy (non-hydrogen) atoms. The zero-order valence-electron chi connectivity index (χ0n) is 14.1. The number of aliphatic hydroxyl groups is 1. The van der Waals surface area contributed by atoms with Gasteiger partial charge in [-0.3, -0.25) is 9.59 Å². The average molecular weight is 338 g/mol. The highest BCUT2D eigenvalue weighted by atomic mass is 32.1. The van der Waals surface area contributed by atoms with Gasteiger partial charge in [-0.05, 0) is 36.6 Å². The molecule has 0 aliphatic heterocycles. The Morgan fingerprint density at radius 2 is 1.96 bits per heavy atom. The van der Waals surface area contributed by atoms with Crippen LogP contribution < -0.4 is 10.6 Å². The summed E-state index contributed by atoms with van der Waals surface area (Å²) in [5.41, 5.74) is -0.176. The topological polar surface area (TPSA) is 78.4 Å². The van der Waals surface area contributed by atoms with Crippen molar-refractivity contribution < 1.29 is 14.7 Å². The first kappa shape index (κ1) is 17.9. The second kappa shape index (κ2) is 7.01. The summed E-state index contributed by atoms with van der Waals surface area (Å²) < 4.78 is 0. The summed E-state index contributed by atoms with van der Waals surface area (Å²) >= 11 is 1.58. The SMILES string of the molecule is CC(O)C(NC(=O)C1CC1)C(=O)NC(c1cccs1)C(C)(C)C. The van der Waals surface area contributed by atoms with E-state index in [4.69, 9.17) is 0 Å². The van der Waals surface area contributed by atoms with Crippen LogP contribution in [-0.2, 0) is 9.59 Å². The smallest absolute Gasteiger partial charge is 0.245 e. The Hall–Kier alpha value is -1.40. The summed E-state index contributed by atoms with van der Waals surface area (Å²) in [4.78, 5) is 25.6. The van der Waals surface area contributed by atoms with Crippen molar-refractivity contribution >= 4 is 23.2 Å². The highest BCUT2D eigenvalue weighted by Crippen LogP contribution is 2.35. The highest BCUT2D eigenvalue weighted by Gasteiger charge is 2.36. The van der Waals surface area contributed by atoms with Crippen molar-refractivity contribution in [2.24, 2.45) is 11.3 Å². The van der Waals surface area contributed by atoms with Gasteiger partial charge in [0.25, 0.3) is 0 Å². The standard InChI is InChI=1S/C17H26N2O3S/c1-10(20)13(18-15(21)11-7-8-11)16(22)19-14(17(2,3)4)12-6-5-9-23-12/h5-6,9-11,13-14,20H,7-8H2,1-4H3,(H,18,21)(H,19,22). The Kier molecular flexibility index (Phi) is 5.47. The molecular weight excluding hydrogens is 312 g/mol. The van der Waals surface area contributed by atoms with Crippen molar-refractivity contribution in [1.29, 1.82) is 0 Å². The van der Waals surface area contributed by atoms with Gasteiger partial charge >= 0.3 is 0 Å². The van der Waals surface area contributed by atoms with Crippen LogP contribution >= 0.6 is 11.3 Å². The summed E-state index contributed by atoms with van der Waals surface area (Å²) in [5, 5.41) is 17.6. The second-order valence-corrected chi connectivity index (χ2v) is 8.30. The molecule has 0 radical (unpaired) electrons. The summed E-state index contributed by atoms with van der Waals surface area (Å²) in [7, 11) is 0. The molecule has 2 rings (SSSR count). The molecule has 2 amide bonds. The summed E-state index contributed by atoms with van der Waals surface area (Å²) in [5.74, 6) is -0.489. The third kappa shape index (κ3) is 4.78. The van der Waals surface area contributed by atoms with Crippen molar-refractivity contribution in [1.82, 2.24) is 10.6 Å². The van der Waals surface area contributed by atoms with Crippen LogP contribution in [0.5, 0.6) is 0 Å². The zero-order valence-corrected chi connectivity index (χ0v) is 14.9. The van der Waals surface area contributed by atoms with E-state index in [1.54, 1.807) is 11.3 Å². The molecule has 0 bridgehead atoms.